The van der Waals surface area contributed by atoms with Crippen LogP contribution in [0.4, 0.5) is 0 Å². The summed E-state index contributed by atoms with van der Waals surface area (Å²) in [5.41, 5.74) is 6.59. The molecule has 0 heterocycles. The van der Waals surface area contributed by atoms with E-state index in [1.807, 2.05) is 0 Å². The summed E-state index contributed by atoms with van der Waals surface area (Å²) in [5, 5.41) is 0. The molecule has 35 valence electrons. The van der Waals surface area contributed by atoms with Crippen LogP contribution in [0.25, 0.3) is 0 Å². The molecule has 0 spiro atoms. The lowest BCUT2D eigenvalue weighted by Crippen LogP contribution is -2.06. The van der Waals surface area contributed by atoms with E-state index in [0.717, 1.165) is 6.08 Å². The Kier molecular flexibility index (Phi) is 1.91. The van der Waals surface area contributed by atoms with E-state index in [1.54, 1.807) is 0 Å². The van der Waals surface area contributed by atoms with Gasteiger partial charge in [-0.05, 0) is 6.08 Å². The summed E-state index contributed by atoms with van der Waals surface area (Å²) in [5.74, 6) is 0. The van der Waals surface area contributed by atoms with E-state index in [0.29, 0.717) is 0 Å². The summed E-state index contributed by atoms with van der Waals surface area (Å²) in [7, 11) is 0. The van der Waals surface area contributed by atoms with Crippen LogP contribution in [-0.4, -0.2) is 4.46 Å². The van der Waals surface area contributed by atoms with Crippen molar-refractivity contribution < 1.29 is 0 Å². The van der Waals surface area contributed by atoms with Gasteiger partial charge in [0.15, 0.2) is 4.46 Å². The minimum Gasteiger partial charge on any atom is -0.218 e. The first-order chi connectivity index (χ1) is 2.56. The first-order valence-electron chi connectivity index (χ1n) is 1.32. The minimum absolute atomic E-state index is 1.14. The Balaban J connectivity index is 3.45. The van der Waals surface area contributed by atoms with Gasteiger partial charge in [-0.2, -0.15) is 0 Å². The minimum atomic E-state index is -1.50. The fraction of sp³-hybridized carbons (Fsp3) is 0.333. The van der Waals surface area contributed by atoms with Crippen molar-refractivity contribution in [2.24, 2.45) is 0 Å². The molecule has 0 aliphatic carbocycles. The maximum absolute atomic E-state index is 6.59. The molecular formula is C3H4Cl2N. The maximum atomic E-state index is 6.59. The summed E-state index contributed by atoms with van der Waals surface area (Å²) in [6.07, 6.45) is 1.14. The lowest BCUT2D eigenvalue weighted by molar-refractivity contribution is 1.00. The Morgan fingerprint density at radius 2 is 1.83 bits per heavy atom. The Morgan fingerprint density at radius 1 is 1.67 bits per heavy atom. The summed E-state index contributed by atoms with van der Waals surface area (Å²) in [4.78, 5) is 0. The van der Waals surface area contributed by atoms with Gasteiger partial charge in [0, 0.05) is 0 Å². The third kappa shape index (κ3) is 4.28. The van der Waals surface area contributed by atoms with E-state index in [1.165, 1.54) is 0 Å². The van der Waals surface area contributed by atoms with Crippen LogP contribution in [0, 0.1) is 0 Å². The quantitative estimate of drug-likeness (QED) is 0.288. The largest absolute Gasteiger partial charge is 0.218 e. The van der Waals surface area contributed by atoms with E-state index < -0.39 is 4.46 Å². The molecule has 0 unspecified atom stereocenters. The number of rotatable bonds is 1. The molecule has 0 rings (SSSR count). The molecule has 1 nitrogen and oxygen atoms in total. The number of nitrogens with one attached hydrogen (secondary N) is 1. The number of hydrogen-bond acceptors (Lipinski definition) is 0. The van der Waals surface area contributed by atoms with Crippen molar-refractivity contribution in [2.45, 2.75) is 4.46 Å². The molecule has 0 fully saturated rings. The predicted octanol–water partition coefficient (Wildman–Crippen LogP) is 1.59. The van der Waals surface area contributed by atoms with E-state index in [9.17, 15) is 0 Å². The molecule has 0 atom stereocenters. The molecule has 0 aliphatic heterocycles. The highest BCUT2D eigenvalue weighted by atomic mass is 35.5. The molecule has 0 aromatic heterocycles. The SMILES string of the molecule is C=CC([NH])(Cl)Cl. The lowest BCUT2D eigenvalue weighted by Gasteiger charge is -1.99. The average molecular weight is 125 g/mol. The van der Waals surface area contributed by atoms with Crippen molar-refractivity contribution in [3.05, 3.63) is 12.7 Å². The van der Waals surface area contributed by atoms with Crippen molar-refractivity contribution in [2.75, 3.05) is 0 Å². The van der Waals surface area contributed by atoms with Crippen LogP contribution in [-0.2, 0) is 0 Å². The van der Waals surface area contributed by atoms with Gasteiger partial charge in [-0.15, -0.1) is 0 Å². The number of hydrogen-bond donors (Lipinski definition) is 0. The maximum Gasteiger partial charge on any atom is 0.199 e. The smallest absolute Gasteiger partial charge is 0.199 e. The molecule has 1 radical (unpaired) electrons. The van der Waals surface area contributed by atoms with E-state index in [4.69, 9.17) is 28.9 Å². The standard InChI is InChI=1S/C3H4Cl2N/c1-2-3(4,5)6/h2,6H,1H2. The molecule has 0 aliphatic rings. The first-order valence-corrected chi connectivity index (χ1v) is 2.08. The second kappa shape index (κ2) is 1.82. The van der Waals surface area contributed by atoms with E-state index in [-0.39, 0.29) is 0 Å². The summed E-state index contributed by atoms with van der Waals surface area (Å²) < 4.78 is -1.50. The van der Waals surface area contributed by atoms with E-state index >= 15 is 0 Å². The Morgan fingerprint density at radius 3 is 1.83 bits per heavy atom. The molecule has 6 heavy (non-hydrogen) atoms. The van der Waals surface area contributed by atoms with Gasteiger partial charge in [-0.3, -0.25) is 0 Å². The predicted molar refractivity (Wildman–Crippen MR) is 27.7 cm³/mol. The van der Waals surface area contributed by atoms with Gasteiger partial charge in [0.25, 0.3) is 0 Å². The second-order valence-corrected chi connectivity index (χ2v) is 2.21. The molecule has 0 saturated heterocycles. The van der Waals surface area contributed by atoms with Crippen LogP contribution in [0.15, 0.2) is 12.7 Å². The van der Waals surface area contributed by atoms with Crippen molar-refractivity contribution in [3.63, 3.8) is 0 Å². The highest BCUT2D eigenvalue weighted by molar-refractivity contribution is 6.49. The molecule has 0 aromatic carbocycles. The Labute approximate surface area is 46.7 Å². The highest BCUT2D eigenvalue weighted by Crippen LogP contribution is 2.14. The molecule has 0 aromatic rings. The number of halogens is 2. The molecule has 0 bridgehead atoms. The van der Waals surface area contributed by atoms with Gasteiger partial charge in [-0.1, -0.05) is 29.8 Å². The Bertz CT molecular complexity index is 54.3. The van der Waals surface area contributed by atoms with Crippen LogP contribution in [0.1, 0.15) is 0 Å². The van der Waals surface area contributed by atoms with Gasteiger partial charge in [-0.25, -0.2) is 5.73 Å². The van der Waals surface area contributed by atoms with Crippen molar-refractivity contribution in [1.29, 1.82) is 0 Å². The van der Waals surface area contributed by atoms with E-state index in [2.05, 4.69) is 6.58 Å². The third-order valence-electron chi connectivity index (χ3n) is 0.256. The first kappa shape index (κ1) is 6.28. The van der Waals surface area contributed by atoms with Crippen LogP contribution in [0.2, 0.25) is 0 Å². The zero-order chi connectivity index (χ0) is 5.21. The second-order valence-electron chi connectivity index (χ2n) is 0.827. The zero-order valence-electron chi connectivity index (χ0n) is 3.04. The third-order valence-corrected chi connectivity index (χ3v) is 0.565. The topological polar surface area (TPSA) is 23.8 Å². The fourth-order valence-electron chi connectivity index (χ4n) is 0. The monoisotopic (exact) mass is 124 g/mol. The molecule has 0 amide bonds. The average Bonchev–Trinajstić information content (AvgIpc) is 1.35. The van der Waals surface area contributed by atoms with Crippen LogP contribution >= 0.6 is 23.2 Å². The lowest BCUT2D eigenvalue weighted by atomic mass is 10.6. The molecular weight excluding hydrogens is 121 g/mol. The fourth-order valence-corrected chi connectivity index (χ4v) is 0. The summed E-state index contributed by atoms with van der Waals surface area (Å²) in [6, 6.07) is 0. The van der Waals surface area contributed by atoms with Gasteiger partial charge in [0.05, 0.1) is 0 Å². The van der Waals surface area contributed by atoms with Crippen molar-refractivity contribution in [3.8, 4) is 0 Å². The molecule has 0 saturated carbocycles. The zero-order valence-corrected chi connectivity index (χ0v) is 4.55. The van der Waals surface area contributed by atoms with Crippen LogP contribution < -0.4 is 5.73 Å². The van der Waals surface area contributed by atoms with Crippen molar-refractivity contribution in [1.82, 2.24) is 5.73 Å². The Hall–Kier alpha value is 0.280. The van der Waals surface area contributed by atoms with Gasteiger partial charge in [0.1, 0.15) is 0 Å². The van der Waals surface area contributed by atoms with Gasteiger partial charge >= 0.3 is 0 Å². The highest BCUT2D eigenvalue weighted by Gasteiger charge is 2.09. The van der Waals surface area contributed by atoms with Crippen molar-refractivity contribution >= 4 is 23.2 Å². The van der Waals surface area contributed by atoms with Gasteiger partial charge < -0.3 is 0 Å². The summed E-state index contributed by atoms with van der Waals surface area (Å²) >= 11 is 10.1. The normalized spacial score (nSPS) is 11.2. The molecule has 3 heteroatoms. The van der Waals surface area contributed by atoms with Crippen LogP contribution in [0.5, 0.6) is 0 Å². The van der Waals surface area contributed by atoms with Gasteiger partial charge in [0.2, 0.25) is 0 Å². The summed E-state index contributed by atoms with van der Waals surface area (Å²) in [6.45, 7) is 3.18. The van der Waals surface area contributed by atoms with Crippen LogP contribution in [0.3, 0.4) is 0 Å². The molecule has 1 N–H and O–H groups in total. The number of alkyl halides is 2.